The third-order valence-electron chi connectivity index (χ3n) is 5.77. The van der Waals surface area contributed by atoms with Crippen molar-refractivity contribution in [2.75, 3.05) is 6.61 Å². The lowest BCUT2D eigenvalue weighted by Crippen LogP contribution is -2.16. The molecule has 0 amide bonds. The number of aromatic amines is 1. The number of imidazole rings is 1. The monoisotopic (exact) mass is 497 g/mol. The molecule has 1 aliphatic rings. The molecule has 0 bridgehead atoms. The second-order valence-electron chi connectivity index (χ2n) is 8.40. The lowest BCUT2D eigenvalue weighted by molar-refractivity contribution is -0.117. The van der Waals surface area contributed by atoms with Gasteiger partial charge in [-0.05, 0) is 50.1 Å². The lowest BCUT2D eigenvalue weighted by Gasteiger charge is -2.13. The number of carbonyl (C=O) groups is 3. The van der Waals surface area contributed by atoms with Crippen LogP contribution in [0.5, 0.6) is 0 Å². The number of carbonyl (C=O) groups excluding carboxylic acids is 3. The number of aryl methyl sites for hydroxylation is 1. The zero-order valence-electron chi connectivity index (χ0n) is 19.3. The number of H-pyrrole nitrogens is 1. The minimum atomic E-state index is -0.445. The summed E-state index contributed by atoms with van der Waals surface area (Å²) in [5, 5.41) is 1.26. The quantitative estimate of drug-likeness (QED) is 0.302. The Morgan fingerprint density at radius 3 is 2.71 bits per heavy atom. The number of esters is 1. The Kier molecular flexibility index (Phi) is 7.95. The first-order chi connectivity index (χ1) is 16.4. The van der Waals surface area contributed by atoms with Crippen LogP contribution < -0.4 is 0 Å². The van der Waals surface area contributed by atoms with E-state index in [0.717, 1.165) is 41.0 Å². The molecule has 178 valence electrons. The molecule has 4 rings (SSSR count). The summed E-state index contributed by atoms with van der Waals surface area (Å²) in [6.07, 6.45) is 7.66. The summed E-state index contributed by atoms with van der Waals surface area (Å²) >= 11 is 2.76. The number of thiazole rings is 1. The molecule has 0 spiro atoms. The van der Waals surface area contributed by atoms with Crippen LogP contribution in [0.1, 0.15) is 69.6 Å². The Morgan fingerprint density at radius 2 is 1.94 bits per heavy atom. The van der Waals surface area contributed by atoms with Crippen molar-refractivity contribution in [3.05, 3.63) is 58.0 Å². The number of hydrogen-bond acceptors (Lipinski definition) is 8. The first kappa shape index (κ1) is 24.3. The zero-order chi connectivity index (χ0) is 24.1. The average molecular weight is 498 g/mol. The predicted octanol–water partition coefficient (Wildman–Crippen LogP) is 5.23. The van der Waals surface area contributed by atoms with E-state index in [4.69, 9.17) is 4.74 Å². The van der Waals surface area contributed by atoms with Gasteiger partial charge < -0.3 is 9.72 Å². The molecule has 34 heavy (non-hydrogen) atoms. The number of aromatic nitrogens is 3. The summed E-state index contributed by atoms with van der Waals surface area (Å²) in [4.78, 5) is 49.2. The highest BCUT2D eigenvalue weighted by atomic mass is 32.2. The third kappa shape index (κ3) is 6.01. The van der Waals surface area contributed by atoms with Gasteiger partial charge in [-0.1, -0.05) is 30.5 Å². The molecule has 1 aliphatic carbocycles. The summed E-state index contributed by atoms with van der Waals surface area (Å²) in [6.45, 7) is 4.02. The molecule has 2 aromatic heterocycles. The fourth-order valence-electron chi connectivity index (χ4n) is 4.11. The van der Waals surface area contributed by atoms with E-state index in [1.807, 2.05) is 25.1 Å². The van der Waals surface area contributed by atoms with Crippen LogP contribution in [0.3, 0.4) is 0 Å². The fourth-order valence-corrected chi connectivity index (χ4v) is 6.04. The first-order valence-corrected chi connectivity index (χ1v) is 13.1. The van der Waals surface area contributed by atoms with E-state index in [9.17, 15) is 14.4 Å². The Morgan fingerprint density at radius 1 is 1.15 bits per heavy atom. The van der Waals surface area contributed by atoms with Crippen LogP contribution in [0.4, 0.5) is 0 Å². The Labute approximate surface area is 206 Å². The maximum absolute atomic E-state index is 13.1. The second kappa shape index (κ2) is 11.1. The summed E-state index contributed by atoms with van der Waals surface area (Å²) in [5.74, 6) is -0.158. The van der Waals surface area contributed by atoms with Crippen LogP contribution in [-0.4, -0.2) is 39.1 Å². The van der Waals surface area contributed by atoms with Gasteiger partial charge >= 0.3 is 5.97 Å². The van der Waals surface area contributed by atoms with E-state index < -0.39 is 5.97 Å². The van der Waals surface area contributed by atoms with Crippen molar-refractivity contribution in [2.24, 2.45) is 5.92 Å². The van der Waals surface area contributed by atoms with Gasteiger partial charge in [-0.3, -0.25) is 9.59 Å². The van der Waals surface area contributed by atoms with E-state index in [1.165, 1.54) is 29.3 Å². The Balaban J connectivity index is 1.38. The van der Waals surface area contributed by atoms with Crippen LogP contribution in [0.25, 0.3) is 0 Å². The number of benzene rings is 1. The molecule has 0 radical (unpaired) electrons. The van der Waals surface area contributed by atoms with Crippen molar-refractivity contribution in [3.63, 3.8) is 0 Å². The third-order valence-corrected chi connectivity index (χ3v) is 7.77. The van der Waals surface area contributed by atoms with Crippen molar-refractivity contribution in [1.29, 1.82) is 0 Å². The van der Waals surface area contributed by atoms with Crippen molar-refractivity contribution in [2.45, 2.75) is 61.7 Å². The minimum absolute atomic E-state index is 0.0258. The van der Waals surface area contributed by atoms with Gasteiger partial charge in [0.25, 0.3) is 0 Å². The molecule has 1 aromatic carbocycles. The summed E-state index contributed by atoms with van der Waals surface area (Å²) in [5.41, 5.74) is 2.83. The number of ketones is 2. The van der Waals surface area contributed by atoms with Crippen molar-refractivity contribution in [1.82, 2.24) is 15.0 Å². The van der Waals surface area contributed by atoms with Gasteiger partial charge in [0.1, 0.15) is 16.5 Å². The molecular formula is C25H27N3O4S2. The molecular weight excluding hydrogens is 470 g/mol. The highest BCUT2D eigenvalue weighted by Crippen LogP contribution is 2.32. The van der Waals surface area contributed by atoms with Crippen LogP contribution >= 0.6 is 23.1 Å². The van der Waals surface area contributed by atoms with Gasteiger partial charge in [0.15, 0.2) is 10.9 Å². The molecule has 0 aliphatic heterocycles. The molecule has 2 heterocycles. The maximum atomic E-state index is 13.1. The molecule has 1 N–H and O–H groups in total. The van der Waals surface area contributed by atoms with Gasteiger partial charge in [-0.2, -0.15) is 0 Å². The summed E-state index contributed by atoms with van der Waals surface area (Å²) < 4.78 is 5.82. The largest absolute Gasteiger partial charge is 0.461 e. The number of nitrogens with one attached hydrogen (secondary N) is 1. The molecule has 9 heteroatoms. The maximum Gasteiger partial charge on any atom is 0.356 e. The van der Waals surface area contributed by atoms with Crippen molar-refractivity contribution < 1.29 is 19.1 Å². The molecule has 0 atom stereocenters. The van der Waals surface area contributed by atoms with E-state index in [0.29, 0.717) is 28.0 Å². The molecule has 1 fully saturated rings. The number of nitrogens with zero attached hydrogens (tertiary/aromatic N) is 2. The van der Waals surface area contributed by atoms with Crippen LogP contribution in [-0.2, 0) is 22.4 Å². The van der Waals surface area contributed by atoms with Gasteiger partial charge in [-0.25, -0.2) is 14.8 Å². The second-order valence-corrected chi connectivity index (χ2v) is 10.8. The normalized spacial score (nSPS) is 13.8. The Hall–Kier alpha value is -2.78. The molecule has 3 aromatic rings. The topological polar surface area (TPSA) is 102 Å². The van der Waals surface area contributed by atoms with Gasteiger partial charge in [0, 0.05) is 17.9 Å². The fraction of sp³-hybridized carbons (Fsp3) is 0.400. The van der Waals surface area contributed by atoms with Crippen molar-refractivity contribution in [3.8, 4) is 0 Å². The summed E-state index contributed by atoms with van der Waals surface area (Å²) in [7, 11) is 0. The van der Waals surface area contributed by atoms with E-state index >= 15 is 0 Å². The Bertz CT molecular complexity index is 1190. The van der Waals surface area contributed by atoms with Crippen LogP contribution in [0.2, 0.25) is 0 Å². The SMILES string of the molecule is CCOC(=O)c1cnc(Sc2cnc(CC(=O)Cc3ccc(C)cc3C(=O)C3CCCC3)s2)[nH]1. The lowest BCUT2D eigenvalue weighted by atomic mass is 9.90. The molecule has 0 unspecified atom stereocenters. The standard InChI is InChI=1S/C25H27N3O4S2/c1-3-32-24(31)20-13-27-25(28-20)34-22-14-26-21(33-22)12-18(29)11-17-9-8-15(2)10-19(17)23(30)16-6-4-5-7-16/h8-10,13-14,16H,3-7,11-12H2,1-2H3,(H,27,28). The highest BCUT2D eigenvalue weighted by Gasteiger charge is 2.26. The van der Waals surface area contributed by atoms with E-state index in [1.54, 1.807) is 13.1 Å². The van der Waals surface area contributed by atoms with Crippen LogP contribution in [0.15, 0.2) is 40.0 Å². The molecule has 0 saturated heterocycles. The first-order valence-electron chi connectivity index (χ1n) is 11.4. The van der Waals surface area contributed by atoms with Crippen LogP contribution in [0, 0.1) is 12.8 Å². The summed E-state index contributed by atoms with van der Waals surface area (Å²) in [6, 6.07) is 5.80. The zero-order valence-corrected chi connectivity index (χ0v) is 20.9. The highest BCUT2D eigenvalue weighted by molar-refractivity contribution is 8.01. The van der Waals surface area contributed by atoms with E-state index in [2.05, 4.69) is 15.0 Å². The van der Waals surface area contributed by atoms with Gasteiger partial charge in [-0.15, -0.1) is 11.3 Å². The average Bonchev–Trinajstić information content (AvgIpc) is 3.57. The predicted molar refractivity (Wildman–Crippen MR) is 131 cm³/mol. The smallest absolute Gasteiger partial charge is 0.356 e. The molecule has 7 nitrogen and oxygen atoms in total. The van der Waals surface area contributed by atoms with Gasteiger partial charge in [0.2, 0.25) is 0 Å². The number of ether oxygens (including phenoxy) is 1. The van der Waals surface area contributed by atoms with Crippen molar-refractivity contribution >= 4 is 40.6 Å². The van der Waals surface area contributed by atoms with Gasteiger partial charge in [0.05, 0.1) is 29.6 Å². The molecule has 1 saturated carbocycles. The number of Topliss-reactive ketones (excluding diaryl/α,β-unsaturated/α-hetero) is 2. The number of rotatable bonds is 10. The minimum Gasteiger partial charge on any atom is -0.461 e. The number of hydrogen-bond donors (Lipinski definition) is 1. The van der Waals surface area contributed by atoms with E-state index in [-0.39, 0.29) is 30.3 Å².